The van der Waals surface area contributed by atoms with Gasteiger partial charge in [-0.15, -0.1) is 0 Å². The summed E-state index contributed by atoms with van der Waals surface area (Å²) >= 11 is 0. The van der Waals surface area contributed by atoms with Gasteiger partial charge in [0, 0.05) is 18.1 Å². The van der Waals surface area contributed by atoms with Crippen LogP contribution in [0.4, 0.5) is 5.69 Å². The number of rotatable bonds is 6. The third-order valence-corrected chi connectivity index (χ3v) is 4.52. The zero-order valence-corrected chi connectivity index (χ0v) is 16.0. The molecule has 1 N–H and O–H groups in total. The normalized spacial score (nSPS) is 11.7. The third kappa shape index (κ3) is 4.25. The van der Waals surface area contributed by atoms with Crippen LogP contribution in [-0.2, 0) is 16.0 Å². The summed E-state index contributed by atoms with van der Waals surface area (Å²) in [6.07, 6.45) is 5.49. The first-order chi connectivity index (χ1) is 13.5. The van der Waals surface area contributed by atoms with Crippen LogP contribution in [0.5, 0.6) is 0 Å². The van der Waals surface area contributed by atoms with E-state index in [2.05, 4.69) is 15.4 Å². The van der Waals surface area contributed by atoms with Crippen LogP contribution in [0.1, 0.15) is 28.5 Å². The number of pyridine rings is 1. The topological polar surface area (TPSA) is 86.1 Å². The minimum absolute atomic E-state index is 0.216. The van der Waals surface area contributed by atoms with Crippen LogP contribution in [0.3, 0.4) is 0 Å². The SMILES string of the molecule is COC(=O)C(C)Cc1ccc(NC(=O)c2cnn(-c3ccncc3)c2C)cc1. The Balaban J connectivity index is 1.68. The van der Waals surface area contributed by atoms with Gasteiger partial charge in [0.25, 0.3) is 5.91 Å². The maximum atomic E-state index is 12.6. The standard InChI is InChI=1S/C21H22N4O3/c1-14(21(27)28-3)12-16-4-6-17(7-5-16)24-20(26)19-13-23-25(15(19)2)18-8-10-22-11-9-18/h4-11,13-14H,12H2,1-3H3,(H,24,26). The van der Waals surface area contributed by atoms with Crippen molar-refractivity contribution in [3.63, 3.8) is 0 Å². The number of carbonyl (C=O) groups excluding carboxylic acids is 2. The second kappa shape index (κ2) is 8.47. The molecule has 0 saturated heterocycles. The summed E-state index contributed by atoms with van der Waals surface area (Å²) in [5.41, 5.74) is 3.76. The predicted octanol–water partition coefficient (Wildman–Crippen LogP) is 3.18. The number of ether oxygens (including phenoxy) is 1. The summed E-state index contributed by atoms with van der Waals surface area (Å²) in [6.45, 7) is 3.67. The summed E-state index contributed by atoms with van der Waals surface area (Å²) in [6, 6.07) is 11.1. The maximum absolute atomic E-state index is 12.6. The van der Waals surface area contributed by atoms with E-state index in [0.29, 0.717) is 17.7 Å². The first kappa shape index (κ1) is 19.3. The molecule has 0 saturated carbocycles. The number of esters is 1. The number of anilines is 1. The van der Waals surface area contributed by atoms with Crippen molar-refractivity contribution in [1.29, 1.82) is 0 Å². The molecule has 28 heavy (non-hydrogen) atoms. The molecule has 0 radical (unpaired) electrons. The van der Waals surface area contributed by atoms with Gasteiger partial charge in [-0.05, 0) is 43.2 Å². The molecule has 0 aliphatic heterocycles. The second-order valence-corrected chi connectivity index (χ2v) is 6.54. The Morgan fingerprint density at radius 3 is 2.46 bits per heavy atom. The number of aromatic nitrogens is 3. The lowest BCUT2D eigenvalue weighted by Gasteiger charge is -2.10. The van der Waals surface area contributed by atoms with Crippen molar-refractivity contribution >= 4 is 17.6 Å². The van der Waals surface area contributed by atoms with Gasteiger partial charge in [0.15, 0.2) is 0 Å². The number of hydrogen-bond acceptors (Lipinski definition) is 5. The van der Waals surface area contributed by atoms with Gasteiger partial charge in [-0.2, -0.15) is 5.10 Å². The van der Waals surface area contributed by atoms with Crippen LogP contribution < -0.4 is 5.32 Å². The van der Waals surface area contributed by atoms with Gasteiger partial charge in [-0.3, -0.25) is 14.6 Å². The van der Waals surface area contributed by atoms with Crippen LogP contribution in [0, 0.1) is 12.8 Å². The van der Waals surface area contributed by atoms with Gasteiger partial charge in [0.1, 0.15) is 0 Å². The van der Waals surface area contributed by atoms with Gasteiger partial charge in [-0.1, -0.05) is 19.1 Å². The molecule has 7 nitrogen and oxygen atoms in total. The first-order valence-electron chi connectivity index (χ1n) is 8.92. The van der Waals surface area contributed by atoms with Crippen molar-refractivity contribution in [2.45, 2.75) is 20.3 Å². The third-order valence-electron chi connectivity index (χ3n) is 4.52. The lowest BCUT2D eigenvalue weighted by Crippen LogP contribution is -2.15. The zero-order valence-electron chi connectivity index (χ0n) is 16.0. The Morgan fingerprint density at radius 1 is 1.14 bits per heavy atom. The van der Waals surface area contributed by atoms with Crippen molar-refractivity contribution in [2.75, 3.05) is 12.4 Å². The van der Waals surface area contributed by atoms with E-state index in [1.165, 1.54) is 7.11 Å². The summed E-state index contributed by atoms with van der Waals surface area (Å²) in [7, 11) is 1.39. The van der Waals surface area contributed by atoms with Crippen molar-refractivity contribution in [3.8, 4) is 5.69 Å². The first-order valence-corrected chi connectivity index (χ1v) is 8.92. The fraction of sp³-hybridized carbons (Fsp3) is 0.238. The van der Waals surface area contributed by atoms with Gasteiger partial charge in [0.05, 0.1) is 36.2 Å². The fourth-order valence-corrected chi connectivity index (χ4v) is 2.94. The molecule has 2 heterocycles. The monoisotopic (exact) mass is 378 g/mol. The Bertz CT molecular complexity index is 965. The number of benzene rings is 1. The molecule has 1 amide bonds. The van der Waals surface area contributed by atoms with Crippen LogP contribution in [0.2, 0.25) is 0 Å². The lowest BCUT2D eigenvalue weighted by atomic mass is 10.0. The predicted molar refractivity (Wildman–Crippen MR) is 105 cm³/mol. The minimum atomic E-state index is -0.237. The molecular formula is C21H22N4O3. The van der Waals surface area contributed by atoms with E-state index in [9.17, 15) is 9.59 Å². The summed E-state index contributed by atoms with van der Waals surface area (Å²) in [4.78, 5) is 28.2. The summed E-state index contributed by atoms with van der Waals surface area (Å²) in [5, 5.41) is 7.19. The molecule has 0 aliphatic rings. The smallest absolute Gasteiger partial charge is 0.308 e. The number of hydrogen-bond donors (Lipinski definition) is 1. The van der Waals surface area contributed by atoms with Gasteiger partial charge in [-0.25, -0.2) is 4.68 Å². The highest BCUT2D eigenvalue weighted by molar-refractivity contribution is 6.05. The number of nitrogens with one attached hydrogen (secondary N) is 1. The maximum Gasteiger partial charge on any atom is 0.308 e. The average molecular weight is 378 g/mol. The van der Waals surface area contributed by atoms with E-state index < -0.39 is 0 Å². The van der Waals surface area contributed by atoms with Crippen LogP contribution in [-0.4, -0.2) is 33.8 Å². The number of amides is 1. The van der Waals surface area contributed by atoms with Crippen molar-refractivity contribution in [3.05, 3.63) is 71.8 Å². The highest BCUT2D eigenvalue weighted by Gasteiger charge is 2.16. The number of methoxy groups -OCH3 is 1. The van der Waals surface area contributed by atoms with Crippen LogP contribution in [0.25, 0.3) is 5.69 Å². The molecule has 0 aliphatic carbocycles. The molecule has 0 fully saturated rings. The minimum Gasteiger partial charge on any atom is -0.469 e. The highest BCUT2D eigenvalue weighted by Crippen LogP contribution is 2.17. The Kier molecular flexibility index (Phi) is 5.84. The Morgan fingerprint density at radius 2 is 1.82 bits per heavy atom. The van der Waals surface area contributed by atoms with Crippen molar-refractivity contribution in [2.24, 2.45) is 5.92 Å². The fourth-order valence-electron chi connectivity index (χ4n) is 2.94. The van der Waals surface area contributed by atoms with E-state index in [1.54, 1.807) is 23.3 Å². The molecule has 3 aromatic rings. The second-order valence-electron chi connectivity index (χ2n) is 6.54. The van der Waals surface area contributed by atoms with E-state index in [4.69, 9.17) is 4.74 Å². The van der Waals surface area contributed by atoms with Gasteiger partial charge >= 0.3 is 5.97 Å². The molecule has 2 aromatic heterocycles. The average Bonchev–Trinajstić information content (AvgIpc) is 3.11. The van der Waals surface area contributed by atoms with E-state index in [0.717, 1.165) is 16.9 Å². The van der Waals surface area contributed by atoms with E-state index in [-0.39, 0.29) is 17.8 Å². The Hall–Kier alpha value is -3.48. The molecule has 1 unspecified atom stereocenters. The molecule has 3 rings (SSSR count). The largest absolute Gasteiger partial charge is 0.469 e. The molecule has 7 heteroatoms. The zero-order chi connectivity index (χ0) is 20.1. The molecule has 0 spiro atoms. The molecule has 1 aromatic carbocycles. The van der Waals surface area contributed by atoms with E-state index >= 15 is 0 Å². The molecule has 1 atom stereocenters. The summed E-state index contributed by atoms with van der Waals surface area (Å²) < 4.78 is 6.45. The quantitative estimate of drug-likeness (QED) is 0.666. The number of nitrogens with zero attached hydrogens (tertiary/aromatic N) is 3. The van der Waals surface area contributed by atoms with Crippen LogP contribution in [0.15, 0.2) is 55.0 Å². The molecule has 0 bridgehead atoms. The lowest BCUT2D eigenvalue weighted by molar-refractivity contribution is -0.144. The summed E-state index contributed by atoms with van der Waals surface area (Å²) in [5.74, 6) is -0.681. The van der Waals surface area contributed by atoms with E-state index in [1.807, 2.05) is 50.2 Å². The van der Waals surface area contributed by atoms with Crippen molar-refractivity contribution in [1.82, 2.24) is 14.8 Å². The Labute approximate surface area is 163 Å². The van der Waals surface area contributed by atoms with Gasteiger partial charge < -0.3 is 10.1 Å². The van der Waals surface area contributed by atoms with Crippen molar-refractivity contribution < 1.29 is 14.3 Å². The van der Waals surface area contributed by atoms with Crippen LogP contribution >= 0.6 is 0 Å². The highest BCUT2D eigenvalue weighted by atomic mass is 16.5. The molecular weight excluding hydrogens is 356 g/mol. The van der Waals surface area contributed by atoms with Gasteiger partial charge in [0.2, 0.25) is 0 Å². The number of carbonyl (C=O) groups is 2. The molecule has 144 valence electrons.